The van der Waals surface area contributed by atoms with E-state index in [2.05, 4.69) is 5.32 Å². The second kappa shape index (κ2) is 8.67. The van der Waals surface area contributed by atoms with Crippen LogP contribution in [0.3, 0.4) is 0 Å². The summed E-state index contributed by atoms with van der Waals surface area (Å²) in [5.74, 6) is -2.68. The maximum atomic E-state index is 13.8. The van der Waals surface area contributed by atoms with Crippen molar-refractivity contribution in [2.24, 2.45) is 5.92 Å². The molecule has 1 aromatic carbocycles. The summed E-state index contributed by atoms with van der Waals surface area (Å²) in [6, 6.07) is 3.10. The molecule has 1 aromatic rings. The lowest BCUT2D eigenvalue weighted by atomic mass is 9.99. The van der Waals surface area contributed by atoms with Gasteiger partial charge >= 0.3 is 5.97 Å². The van der Waals surface area contributed by atoms with Crippen molar-refractivity contribution in [1.29, 1.82) is 0 Å². The maximum absolute atomic E-state index is 13.8. The molecule has 0 aliphatic heterocycles. The second-order valence-electron chi connectivity index (χ2n) is 5.26. The van der Waals surface area contributed by atoms with Gasteiger partial charge in [-0.1, -0.05) is 26.3 Å². The highest BCUT2D eigenvalue weighted by Gasteiger charge is 2.25. The average Bonchev–Trinajstić information content (AvgIpc) is 2.50. The van der Waals surface area contributed by atoms with Crippen molar-refractivity contribution in [2.75, 3.05) is 5.75 Å². The third-order valence-electron chi connectivity index (χ3n) is 3.49. The van der Waals surface area contributed by atoms with Crippen molar-refractivity contribution >= 4 is 29.4 Å². The van der Waals surface area contributed by atoms with Crippen LogP contribution in [0.15, 0.2) is 23.1 Å². The minimum Gasteiger partial charge on any atom is -0.480 e. The van der Waals surface area contributed by atoms with Gasteiger partial charge < -0.3 is 10.4 Å². The number of Topliss-reactive ketones (excluding diaryl/α,β-unsaturated/α-hetero) is 1. The number of carbonyl (C=O) groups excluding carboxylic acids is 2. The van der Waals surface area contributed by atoms with Gasteiger partial charge in [0.2, 0.25) is 5.91 Å². The normalized spacial score (nSPS) is 13.2. The fourth-order valence-corrected chi connectivity index (χ4v) is 2.61. The fraction of sp³-hybridized carbons (Fsp3) is 0.438. The van der Waals surface area contributed by atoms with Gasteiger partial charge in [-0.2, -0.15) is 0 Å². The molecular weight excluding hydrogens is 321 g/mol. The number of amides is 1. The van der Waals surface area contributed by atoms with Gasteiger partial charge in [0.1, 0.15) is 11.9 Å². The van der Waals surface area contributed by atoms with E-state index in [0.29, 0.717) is 6.42 Å². The quantitative estimate of drug-likeness (QED) is 0.561. The molecule has 0 heterocycles. The minimum absolute atomic E-state index is 0.101. The Kier molecular flexibility index (Phi) is 7.22. The molecule has 1 amide bonds. The Morgan fingerprint density at radius 1 is 1.35 bits per heavy atom. The third kappa shape index (κ3) is 5.67. The van der Waals surface area contributed by atoms with E-state index in [0.717, 1.165) is 17.8 Å². The number of carboxylic acids is 1. The number of hydrogen-bond acceptors (Lipinski definition) is 4. The Hall–Kier alpha value is -1.89. The van der Waals surface area contributed by atoms with Crippen LogP contribution in [0.4, 0.5) is 4.39 Å². The molecule has 0 spiro atoms. The Morgan fingerprint density at radius 3 is 2.48 bits per heavy atom. The van der Waals surface area contributed by atoms with E-state index in [4.69, 9.17) is 5.11 Å². The van der Waals surface area contributed by atoms with E-state index in [-0.39, 0.29) is 27.9 Å². The zero-order chi connectivity index (χ0) is 17.6. The number of aliphatic carboxylic acids is 1. The first-order valence-corrected chi connectivity index (χ1v) is 8.20. The van der Waals surface area contributed by atoms with Crippen molar-refractivity contribution in [3.8, 4) is 0 Å². The Balaban J connectivity index is 2.65. The van der Waals surface area contributed by atoms with E-state index < -0.39 is 23.7 Å². The molecule has 7 heteroatoms. The van der Waals surface area contributed by atoms with E-state index in [1.54, 1.807) is 6.92 Å². The van der Waals surface area contributed by atoms with Crippen LogP contribution in [-0.4, -0.2) is 34.6 Å². The van der Waals surface area contributed by atoms with E-state index in [1.807, 2.05) is 6.92 Å². The molecule has 23 heavy (non-hydrogen) atoms. The molecule has 0 radical (unpaired) electrons. The SMILES string of the molecule is CCC(C)C(NC(=O)CSc1ccc(C(C)=O)cc1F)C(=O)O. The standard InChI is InChI=1S/C16H20FNO4S/c1-4-9(2)15(16(21)22)18-14(20)8-23-13-6-5-11(10(3)19)7-12(13)17/h5-7,9,15H,4,8H2,1-3H3,(H,18,20)(H,21,22). The molecule has 2 N–H and O–H groups in total. The molecule has 0 aliphatic carbocycles. The number of carboxylic acid groups (broad SMARTS) is 1. The van der Waals surface area contributed by atoms with Crippen LogP contribution in [0.25, 0.3) is 0 Å². The first-order chi connectivity index (χ1) is 10.8. The largest absolute Gasteiger partial charge is 0.480 e. The zero-order valence-electron chi connectivity index (χ0n) is 13.3. The van der Waals surface area contributed by atoms with Crippen LogP contribution in [0.1, 0.15) is 37.6 Å². The highest BCUT2D eigenvalue weighted by Crippen LogP contribution is 2.23. The van der Waals surface area contributed by atoms with E-state index >= 15 is 0 Å². The summed E-state index contributed by atoms with van der Waals surface area (Å²) >= 11 is 0.957. The number of hydrogen-bond donors (Lipinski definition) is 2. The van der Waals surface area contributed by atoms with Gasteiger partial charge in [0.25, 0.3) is 0 Å². The molecule has 0 fully saturated rings. The Labute approximate surface area is 138 Å². The van der Waals surface area contributed by atoms with E-state index in [1.165, 1.54) is 19.1 Å². The number of benzene rings is 1. The smallest absolute Gasteiger partial charge is 0.326 e. The van der Waals surface area contributed by atoms with Crippen LogP contribution < -0.4 is 5.32 Å². The van der Waals surface area contributed by atoms with Crippen LogP contribution >= 0.6 is 11.8 Å². The zero-order valence-corrected chi connectivity index (χ0v) is 14.1. The highest BCUT2D eigenvalue weighted by molar-refractivity contribution is 8.00. The van der Waals surface area contributed by atoms with Gasteiger partial charge in [0, 0.05) is 10.5 Å². The molecular formula is C16H20FNO4S. The van der Waals surface area contributed by atoms with Gasteiger partial charge in [-0.15, -0.1) is 11.8 Å². The lowest BCUT2D eigenvalue weighted by Crippen LogP contribution is -2.45. The third-order valence-corrected chi connectivity index (χ3v) is 4.54. The van der Waals surface area contributed by atoms with Crippen LogP contribution in [0.2, 0.25) is 0 Å². The lowest BCUT2D eigenvalue weighted by Gasteiger charge is -2.20. The van der Waals surface area contributed by atoms with E-state index in [9.17, 15) is 18.8 Å². The molecule has 0 saturated carbocycles. The summed E-state index contributed by atoms with van der Waals surface area (Å²) in [5, 5.41) is 11.6. The number of halogens is 1. The minimum atomic E-state index is -1.09. The van der Waals surface area contributed by atoms with Crippen LogP contribution in [0.5, 0.6) is 0 Å². The summed E-state index contributed by atoms with van der Waals surface area (Å²) in [6.07, 6.45) is 0.617. The van der Waals surface area contributed by atoms with Gasteiger partial charge in [-0.3, -0.25) is 9.59 Å². The molecule has 2 atom stereocenters. The van der Waals surface area contributed by atoms with Gasteiger partial charge in [0.05, 0.1) is 5.75 Å². The predicted octanol–water partition coefficient (Wildman–Crippen LogP) is 2.74. The first-order valence-electron chi connectivity index (χ1n) is 7.21. The summed E-state index contributed by atoms with van der Waals surface area (Å²) in [6.45, 7) is 4.93. The summed E-state index contributed by atoms with van der Waals surface area (Å²) in [5.41, 5.74) is 0.263. The summed E-state index contributed by atoms with van der Waals surface area (Å²) in [4.78, 5) is 34.4. The lowest BCUT2D eigenvalue weighted by molar-refractivity contribution is -0.143. The van der Waals surface area contributed by atoms with Crippen molar-refractivity contribution in [2.45, 2.75) is 38.1 Å². The van der Waals surface area contributed by atoms with Gasteiger partial charge in [0.15, 0.2) is 5.78 Å². The first kappa shape index (κ1) is 19.2. The molecule has 0 saturated heterocycles. The molecule has 126 valence electrons. The molecule has 0 bridgehead atoms. The molecule has 5 nitrogen and oxygen atoms in total. The van der Waals surface area contributed by atoms with Crippen LogP contribution in [0, 0.1) is 11.7 Å². The van der Waals surface area contributed by atoms with Crippen molar-refractivity contribution < 1.29 is 23.9 Å². The topological polar surface area (TPSA) is 83.5 Å². The van der Waals surface area contributed by atoms with Gasteiger partial charge in [-0.25, -0.2) is 9.18 Å². The predicted molar refractivity (Wildman–Crippen MR) is 86.2 cm³/mol. The fourth-order valence-electron chi connectivity index (χ4n) is 1.88. The van der Waals surface area contributed by atoms with Gasteiger partial charge in [-0.05, 0) is 25.0 Å². The number of ketones is 1. The maximum Gasteiger partial charge on any atom is 0.326 e. The van der Waals surface area contributed by atoms with Crippen molar-refractivity contribution in [1.82, 2.24) is 5.32 Å². The highest BCUT2D eigenvalue weighted by atomic mass is 32.2. The Bertz CT molecular complexity index is 606. The van der Waals surface area contributed by atoms with Crippen molar-refractivity contribution in [3.05, 3.63) is 29.6 Å². The number of thioether (sulfide) groups is 1. The average molecular weight is 341 g/mol. The van der Waals surface area contributed by atoms with Crippen molar-refractivity contribution in [3.63, 3.8) is 0 Å². The van der Waals surface area contributed by atoms with Crippen LogP contribution in [-0.2, 0) is 9.59 Å². The molecule has 0 aliphatic rings. The Morgan fingerprint density at radius 2 is 2.00 bits per heavy atom. The number of carbonyl (C=O) groups is 3. The molecule has 1 rings (SSSR count). The number of rotatable bonds is 8. The number of nitrogens with one attached hydrogen (secondary N) is 1. The molecule has 2 unspecified atom stereocenters. The summed E-state index contributed by atoms with van der Waals surface area (Å²) in [7, 11) is 0. The summed E-state index contributed by atoms with van der Waals surface area (Å²) < 4.78 is 13.8. The monoisotopic (exact) mass is 341 g/mol. The molecule has 0 aromatic heterocycles. The second-order valence-corrected chi connectivity index (χ2v) is 6.28.